The number of benzene rings is 5. The first-order chi connectivity index (χ1) is 26.5. The number of tetrazole rings is 1. The molecule has 9 heteroatoms. The largest absolute Gasteiger partial charge is 0.462 e. The maximum Gasteiger partial charge on any atom is 0.343 e. The summed E-state index contributed by atoms with van der Waals surface area (Å²) in [5.74, 6) is 1.50. The van der Waals surface area contributed by atoms with Crippen molar-refractivity contribution in [3.63, 3.8) is 0 Å². The van der Waals surface area contributed by atoms with Crippen LogP contribution in [0.3, 0.4) is 0 Å². The highest BCUT2D eigenvalue weighted by molar-refractivity contribution is 5.94. The Bertz CT molecular complexity index is 2200. The molecule has 7 rings (SSSR count). The lowest BCUT2D eigenvalue weighted by Gasteiger charge is -2.36. The Balaban J connectivity index is 1.27. The number of ether oxygens (including phenoxy) is 1. The van der Waals surface area contributed by atoms with E-state index in [1.54, 1.807) is 13.1 Å². The van der Waals surface area contributed by atoms with Crippen LogP contribution >= 0.6 is 0 Å². The summed E-state index contributed by atoms with van der Waals surface area (Å²) in [6.07, 6.45) is 4.36. The molecule has 0 saturated carbocycles. The summed E-state index contributed by atoms with van der Waals surface area (Å²) in [4.78, 5) is 24.1. The third kappa shape index (κ3) is 7.13. The zero-order chi connectivity index (χ0) is 37.3. The number of hydrogen-bond acceptors (Lipinski definition) is 8. The van der Waals surface area contributed by atoms with Crippen LogP contribution in [0.4, 0.5) is 5.82 Å². The Morgan fingerprint density at radius 1 is 0.741 bits per heavy atom. The molecule has 0 bridgehead atoms. The molecule has 0 unspecified atom stereocenters. The highest BCUT2D eigenvalue weighted by Gasteiger charge is 2.42. The van der Waals surface area contributed by atoms with E-state index in [1.165, 1.54) is 0 Å². The van der Waals surface area contributed by atoms with E-state index in [-0.39, 0.29) is 6.61 Å². The number of unbranched alkanes of at least 4 members (excludes halogenated alkanes) is 1. The zero-order valence-electron chi connectivity index (χ0n) is 30.8. The number of aryl methyl sites for hydroxylation is 1. The van der Waals surface area contributed by atoms with E-state index in [1.807, 2.05) is 47.0 Å². The van der Waals surface area contributed by atoms with Crippen LogP contribution in [0.2, 0.25) is 0 Å². The van der Waals surface area contributed by atoms with Crippen LogP contribution < -0.4 is 4.90 Å². The zero-order valence-corrected chi connectivity index (χ0v) is 30.8. The Kier molecular flexibility index (Phi) is 10.9. The van der Waals surface area contributed by atoms with Gasteiger partial charge in [0.25, 0.3) is 0 Å². The molecular weight excluding hydrogens is 671 g/mol. The van der Waals surface area contributed by atoms with Crippen LogP contribution in [0.1, 0.15) is 65.1 Å². The molecule has 2 heterocycles. The van der Waals surface area contributed by atoms with Crippen molar-refractivity contribution in [3.8, 4) is 22.5 Å². The molecule has 0 aliphatic heterocycles. The summed E-state index contributed by atoms with van der Waals surface area (Å²) in [5.41, 5.74) is 6.58. The maximum absolute atomic E-state index is 12.9. The minimum atomic E-state index is -0.871. The Morgan fingerprint density at radius 2 is 1.31 bits per heavy atom. The topological polar surface area (TPSA) is 98.9 Å². The monoisotopic (exact) mass is 713 g/mol. The minimum absolute atomic E-state index is 0.278. The van der Waals surface area contributed by atoms with E-state index in [0.717, 1.165) is 64.0 Å². The van der Waals surface area contributed by atoms with Gasteiger partial charge in [-0.1, -0.05) is 153 Å². The Labute approximate surface area is 316 Å². The summed E-state index contributed by atoms with van der Waals surface area (Å²) in [7, 11) is 1.94. The van der Waals surface area contributed by atoms with Crippen LogP contribution in [0.5, 0.6) is 0 Å². The summed E-state index contributed by atoms with van der Waals surface area (Å²) < 4.78 is 7.30. The third-order valence-corrected chi connectivity index (χ3v) is 9.64. The first-order valence-corrected chi connectivity index (χ1v) is 18.4. The summed E-state index contributed by atoms with van der Waals surface area (Å²) in [6.45, 7) is 4.74. The van der Waals surface area contributed by atoms with Gasteiger partial charge in [-0.05, 0) is 57.2 Å². The van der Waals surface area contributed by atoms with Gasteiger partial charge in [-0.2, -0.15) is 0 Å². The SMILES string of the molecule is CCCCc1ncc(C(=O)OCC)c(N(C)Cc2ccc(-c3ccccc3-c3nnnn3C(c3ccccc3)(c3ccccc3)c3ccccc3)cc2)n1. The fraction of sp³-hybridized carbons (Fsp3) is 0.200. The molecule has 0 fully saturated rings. The van der Waals surface area contributed by atoms with Gasteiger partial charge in [-0.15, -0.1) is 5.10 Å². The maximum atomic E-state index is 12.9. The lowest BCUT2D eigenvalue weighted by atomic mass is 9.77. The number of carbonyl (C=O) groups excluding carboxylic acids is 1. The van der Waals surface area contributed by atoms with E-state index in [0.29, 0.717) is 23.8 Å². The first kappa shape index (κ1) is 35.9. The molecule has 54 heavy (non-hydrogen) atoms. The lowest BCUT2D eigenvalue weighted by Crippen LogP contribution is -2.39. The third-order valence-electron chi connectivity index (χ3n) is 9.64. The molecule has 0 spiro atoms. The number of anilines is 1. The van der Waals surface area contributed by atoms with Crippen molar-refractivity contribution in [1.29, 1.82) is 0 Å². The fourth-order valence-corrected chi connectivity index (χ4v) is 7.06. The minimum Gasteiger partial charge on any atom is -0.462 e. The van der Waals surface area contributed by atoms with Crippen molar-refractivity contribution in [3.05, 3.63) is 179 Å². The van der Waals surface area contributed by atoms with Crippen molar-refractivity contribution in [1.82, 2.24) is 30.2 Å². The van der Waals surface area contributed by atoms with Crippen LogP contribution in [0, 0.1) is 0 Å². The number of carbonyl (C=O) groups is 1. The highest BCUT2D eigenvalue weighted by atomic mass is 16.5. The van der Waals surface area contributed by atoms with E-state index >= 15 is 0 Å². The molecule has 7 aromatic rings. The van der Waals surface area contributed by atoms with Crippen molar-refractivity contribution in [2.24, 2.45) is 0 Å². The van der Waals surface area contributed by atoms with E-state index < -0.39 is 11.5 Å². The molecular formula is C45H43N7O2. The smallest absolute Gasteiger partial charge is 0.343 e. The van der Waals surface area contributed by atoms with E-state index in [4.69, 9.17) is 20.0 Å². The molecule has 2 aromatic heterocycles. The second-order valence-electron chi connectivity index (χ2n) is 13.2. The highest BCUT2D eigenvalue weighted by Crippen LogP contribution is 2.43. The van der Waals surface area contributed by atoms with Crippen LogP contribution in [-0.2, 0) is 23.2 Å². The van der Waals surface area contributed by atoms with Crippen LogP contribution in [0.15, 0.2) is 146 Å². The van der Waals surface area contributed by atoms with Gasteiger partial charge in [0.15, 0.2) is 5.82 Å². The second-order valence-corrected chi connectivity index (χ2v) is 13.2. The predicted octanol–water partition coefficient (Wildman–Crippen LogP) is 8.79. The van der Waals surface area contributed by atoms with Crippen LogP contribution in [-0.4, -0.2) is 49.8 Å². The quantitative estimate of drug-likeness (QED) is 0.0815. The van der Waals surface area contributed by atoms with Crippen molar-refractivity contribution >= 4 is 11.8 Å². The van der Waals surface area contributed by atoms with Crippen molar-refractivity contribution < 1.29 is 9.53 Å². The predicted molar refractivity (Wildman–Crippen MR) is 212 cm³/mol. The van der Waals surface area contributed by atoms with E-state index in [9.17, 15) is 4.79 Å². The number of esters is 1. The van der Waals surface area contributed by atoms with Gasteiger partial charge in [-0.25, -0.2) is 19.4 Å². The van der Waals surface area contributed by atoms with Gasteiger partial charge in [-0.3, -0.25) is 0 Å². The van der Waals surface area contributed by atoms with Gasteiger partial charge in [0.2, 0.25) is 0 Å². The molecule has 270 valence electrons. The fourth-order valence-electron chi connectivity index (χ4n) is 7.06. The summed E-state index contributed by atoms with van der Waals surface area (Å²) in [6, 6.07) is 47.9. The number of aromatic nitrogens is 6. The summed E-state index contributed by atoms with van der Waals surface area (Å²) in [5, 5.41) is 13.8. The summed E-state index contributed by atoms with van der Waals surface area (Å²) >= 11 is 0. The average molecular weight is 714 g/mol. The molecule has 0 amide bonds. The number of nitrogens with zero attached hydrogens (tertiary/aromatic N) is 7. The van der Waals surface area contributed by atoms with Gasteiger partial charge < -0.3 is 9.64 Å². The van der Waals surface area contributed by atoms with Gasteiger partial charge >= 0.3 is 5.97 Å². The van der Waals surface area contributed by atoms with Crippen molar-refractivity contribution in [2.75, 3.05) is 18.6 Å². The molecule has 5 aromatic carbocycles. The first-order valence-electron chi connectivity index (χ1n) is 18.4. The van der Waals surface area contributed by atoms with Gasteiger partial charge in [0.1, 0.15) is 22.7 Å². The molecule has 0 radical (unpaired) electrons. The van der Waals surface area contributed by atoms with Crippen LogP contribution in [0.25, 0.3) is 22.5 Å². The number of hydrogen-bond donors (Lipinski definition) is 0. The molecule has 0 N–H and O–H groups in total. The molecule has 0 saturated heterocycles. The Morgan fingerprint density at radius 3 is 1.89 bits per heavy atom. The standard InChI is InChI=1S/C45H43N7O2/c1-4-6-26-41-46-31-40(44(53)54-5-2)42(47-41)51(3)32-33-27-29-34(30-28-33)38-24-16-17-25-39(38)43-48-49-50-52(43)45(35-18-10-7-11-19-35,36-20-12-8-13-21-36)37-22-14-9-15-23-37/h7-25,27-31H,4-6,26,32H2,1-3H3. The number of rotatable bonds is 14. The van der Waals surface area contributed by atoms with Gasteiger partial charge in [0.05, 0.1) is 6.61 Å². The Hall–Kier alpha value is -6.48. The normalized spacial score (nSPS) is 11.3. The van der Waals surface area contributed by atoms with Crippen molar-refractivity contribution in [2.45, 2.75) is 45.2 Å². The van der Waals surface area contributed by atoms with Gasteiger partial charge in [0, 0.05) is 31.8 Å². The second kappa shape index (κ2) is 16.5. The molecule has 0 aliphatic rings. The molecule has 9 nitrogen and oxygen atoms in total. The molecule has 0 aliphatic carbocycles. The average Bonchev–Trinajstić information content (AvgIpc) is 3.72. The lowest BCUT2D eigenvalue weighted by molar-refractivity contribution is 0.0526. The molecule has 0 atom stereocenters. The van der Waals surface area contributed by atoms with E-state index in [2.05, 4.69) is 126 Å².